The maximum atomic E-state index is 12.7. The highest BCUT2D eigenvalue weighted by Crippen LogP contribution is 2.28. The first-order valence-electron chi connectivity index (χ1n) is 5.46. The van der Waals surface area contributed by atoms with Crippen molar-refractivity contribution in [3.8, 4) is 0 Å². The minimum Gasteiger partial charge on any atom is -0.324 e. The summed E-state index contributed by atoms with van der Waals surface area (Å²) in [5, 5.41) is 2.72. The van der Waals surface area contributed by atoms with Crippen molar-refractivity contribution >= 4 is 11.6 Å². The minimum absolute atomic E-state index is 0.170. The molecule has 0 unspecified atom stereocenters. The van der Waals surface area contributed by atoms with Gasteiger partial charge in [0.15, 0.2) is 0 Å². The lowest BCUT2D eigenvalue weighted by Gasteiger charge is -2.22. The van der Waals surface area contributed by atoms with Crippen LogP contribution in [-0.2, 0) is 4.79 Å². The molecule has 0 bridgehead atoms. The van der Waals surface area contributed by atoms with Gasteiger partial charge in [0.05, 0.1) is 5.54 Å². The molecule has 0 radical (unpaired) electrons. The third-order valence-corrected chi connectivity index (χ3v) is 3.05. The summed E-state index contributed by atoms with van der Waals surface area (Å²) >= 11 is 0. The van der Waals surface area contributed by atoms with Crippen LogP contribution in [0.4, 0.5) is 10.1 Å². The van der Waals surface area contributed by atoms with Crippen LogP contribution in [0.2, 0.25) is 0 Å². The number of nitrogens with two attached hydrogens (primary N) is 1. The second-order valence-electron chi connectivity index (χ2n) is 4.32. The van der Waals surface area contributed by atoms with Gasteiger partial charge in [0.25, 0.3) is 0 Å². The Morgan fingerprint density at radius 3 is 2.38 bits per heavy atom. The summed E-state index contributed by atoms with van der Waals surface area (Å²) in [7, 11) is 0. The Morgan fingerprint density at radius 2 is 1.81 bits per heavy atom. The number of rotatable bonds is 2. The van der Waals surface area contributed by atoms with Crippen LogP contribution in [-0.4, -0.2) is 11.4 Å². The number of hydrogen-bond donors (Lipinski definition) is 2. The second kappa shape index (κ2) is 4.22. The van der Waals surface area contributed by atoms with Crippen LogP contribution in [0.15, 0.2) is 24.3 Å². The quantitative estimate of drug-likeness (QED) is 0.804. The van der Waals surface area contributed by atoms with E-state index in [1.807, 2.05) is 0 Å². The van der Waals surface area contributed by atoms with E-state index in [9.17, 15) is 9.18 Å². The van der Waals surface area contributed by atoms with Crippen LogP contribution >= 0.6 is 0 Å². The van der Waals surface area contributed by atoms with E-state index >= 15 is 0 Å². The average Bonchev–Trinajstić information content (AvgIpc) is 2.70. The molecule has 86 valence electrons. The van der Waals surface area contributed by atoms with Crippen molar-refractivity contribution < 1.29 is 9.18 Å². The smallest absolute Gasteiger partial charge is 0.244 e. The Labute approximate surface area is 93.8 Å². The zero-order valence-electron chi connectivity index (χ0n) is 9.00. The minimum atomic E-state index is -0.742. The molecule has 0 atom stereocenters. The molecule has 16 heavy (non-hydrogen) atoms. The maximum absolute atomic E-state index is 12.7. The number of anilines is 1. The van der Waals surface area contributed by atoms with Crippen molar-refractivity contribution in [2.45, 2.75) is 31.2 Å². The molecular weight excluding hydrogens is 207 g/mol. The molecule has 1 aliphatic rings. The Bertz CT molecular complexity index is 383. The highest BCUT2D eigenvalue weighted by molar-refractivity contribution is 5.98. The molecule has 2 rings (SSSR count). The van der Waals surface area contributed by atoms with Gasteiger partial charge >= 0.3 is 0 Å². The molecule has 1 saturated carbocycles. The highest BCUT2D eigenvalue weighted by atomic mass is 19.1. The number of carbonyl (C=O) groups is 1. The SMILES string of the molecule is NC1(C(=O)Nc2ccc(F)cc2)CCCC1. The van der Waals surface area contributed by atoms with Crippen LogP contribution in [0.1, 0.15) is 25.7 Å². The number of amides is 1. The van der Waals surface area contributed by atoms with E-state index < -0.39 is 5.54 Å². The van der Waals surface area contributed by atoms with Crippen LogP contribution in [0.5, 0.6) is 0 Å². The van der Waals surface area contributed by atoms with Crippen molar-refractivity contribution in [3.05, 3.63) is 30.1 Å². The second-order valence-corrected chi connectivity index (χ2v) is 4.32. The largest absolute Gasteiger partial charge is 0.324 e. The van der Waals surface area contributed by atoms with Crippen molar-refractivity contribution in [2.24, 2.45) is 5.73 Å². The molecule has 1 amide bonds. The van der Waals surface area contributed by atoms with Crippen molar-refractivity contribution in [3.63, 3.8) is 0 Å². The highest BCUT2D eigenvalue weighted by Gasteiger charge is 2.36. The van der Waals surface area contributed by atoms with Crippen molar-refractivity contribution in [2.75, 3.05) is 5.32 Å². The molecule has 1 aromatic carbocycles. The molecule has 0 saturated heterocycles. The third-order valence-electron chi connectivity index (χ3n) is 3.05. The van der Waals surface area contributed by atoms with Crippen molar-refractivity contribution in [1.29, 1.82) is 0 Å². The predicted molar refractivity (Wildman–Crippen MR) is 60.4 cm³/mol. The predicted octanol–water partition coefficient (Wildman–Crippen LogP) is 2.04. The zero-order chi connectivity index (χ0) is 11.6. The number of benzene rings is 1. The van der Waals surface area contributed by atoms with Crippen LogP contribution < -0.4 is 11.1 Å². The van der Waals surface area contributed by atoms with E-state index in [2.05, 4.69) is 5.32 Å². The van der Waals surface area contributed by atoms with Crippen LogP contribution in [0.25, 0.3) is 0 Å². The van der Waals surface area contributed by atoms with Gasteiger partial charge in [0.2, 0.25) is 5.91 Å². The first-order valence-corrected chi connectivity index (χ1v) is 5.46. The number of nitrogens with one attached hydrogen (secondary N) is 1. The molecule has 1 aliphatic carbocycles. The third kappa shape index (κ3) is 2.22. The molecule has 0 aromatic heterocycles. The monoisotopic (exact) mass is 222 g/mol. The summed E-state index contributed by atoms with van der Waals surface area (Å²) < 4.78 is 12.7. The van der Waals surface area contributed by atoms with Crippen LogP contribution in [0, 0.1) is 5.82 Å². The van der Waals surface area contributed by atoms with E-state index in [1.165, 1.54) is 24.3 Å². The number of halogens is 1. The molecule has 0 aliphatic heterocycles. The molecule has 3 nitrogen and oxygen atoms in total. The maximum Gasteiger partial charge on any atom is 0.244 e. The molecule has 3 N–H and O–H groups in total. The summed E-state index contributed by atoms with van der Waals surface area (Å²) in [4.78, 5) is 11.9. The topological polar surface area (TPSA) is 55.1 Å². The molecule has 0 spiro atoms. The van der Waals surface area contributed by atoms with Crippen LogP contribution in [0.3, 0.4) is 0 Å². The Kier molecular flexibility index (Phi) is 2.92. The van der Waals surface area contributed by atoms with E-state index in [-0.39, 0.29) is 11.7 Å². The van der Waals surface area contributed by atoms with Gasteiger partial charge < -0.3 is 11.1 Å². The zero-order valence-corrected chi connectivity index (χ0v) is 9.00. The van der Waals surface area contributed by atoms with Crippen molar-refractivity contribution in [1.82, 2.24) is 0 Å². The lowest BCUT2D eigenvalue weighted by molar-refractivity contribution is -0.121. The molecule has 4 heteroatoms. The van der Waals surface area contributed by atoms with Gasteiger partial charge in [-0.2, -0.15) is 0 Å². The van der Waals surface area contributed by atoms with Gasteiger partial charge in [-0.15, -0.1) is 0 Å². The van der Waals surface area contributed by atoms with Gasteiger partial charge in [0, 0.05) is 5.69 Å². The summed E-state index contributed by atoms with van der Waals surface area (Å²) in [6, 6.07) is 5.69. The lowest BCUT2D eigenvalue weighted by atomic mass is 9.98. The average molecular weight is 222 g/mol. The van der Waals surface area contributed by atoms with Gasteiger partial charge in [-0.1, -0.05) is 12.8 Å². The molecule has 0 heterocycles. The van der Waals surface area contributed by atoms with Gasteiger partial charge in [0.1, 0.15) is 5.82 Å². The van der Waals surface area contributed by atoms with Gasteiger partial charge in [-0.05, 0) is 37.1 Å². The van der Waals surface area contributed by atoms with E-state index in [1.54, 1.807) is 0 Å². The standard InChI is InChI=1S/C12H15FN2O/c13-9-3-5-10(6-4-9)15-11(16)12(14)7-1-2-8-12/h3-6H,1-2,7-8,14H2,(H,15,16). The lowest BCUT2D eigenvalue weighted by Crippen LogP contribution is -2.48. The summed E-state index contributed by atoms with van der Waals surface area (Å²) in [6.45, 7) is 0. The van der Waals surface area contributed by atoms with Gasteiger partial charge in [-0.3, -0.25) is 4.79 Å². The fraction of sp³-hybridized carbons (Fsp3) is 0.417. The number of carbonyl (C=O) groups excluding carboxylic acids is 1. The van der Waals surface area contributed by atoms with E-state index in [0.717, 1.165) is 25.7 Å². The summed E-state index contributed by atoms with van der Waals surface area (Å²) in [5.41, 5.74) is 5.84. The first kappa shape index (κ1) is 11.1. The van der Waals surface area contributed by atoms with E-state index in [4.69, 9.17) is 5.73 Å². The number of hydrogen-bond acceptors (Lipinski definition) is 2. The Balaban J connectivity index is 2.04. The Morgan fingerprint density at radius 1 is 1.25 bits per heavy atom. The fourth-order valence-corrected chi connectivity index (χ4v) is 2.02. The molecule has 1 fully saturated rings. The van der Waals surface area contributed by atoms with E-state index in [0.29, 0.717) is 5.69 Å². The summed E-state index contributed by atoms with van der Waals surface area (Å²) in [6.07, 6.45) is 3.43. The molecule has 1 aromatic rings. The molecular formula is C12H15FN2O. The van der Waals surface area contributed by atoms with Gasteiger partial charge in [-0.25, -0.2) is 4.39 Å². The fourth-order valence-electron chi connectivity index (χ4n) is 2.02. The summed E-state index contributed by atoms with van der Waals surface area (Å²) in [5.74, 6) is -0.488. The normalized spacial score (nSPS) is 18.4. The Hall–Kier alpha value is -1.42. The first-order chi connectivity index (χ1) is 7.60.